The number of anilines is 3. The number of H-pyrrole nitrogens is 1. The molecule has 0 saturated carbocycles. The predicted molar refractivity (Wildman–Crippen MR) is 102 cm³/mol. The molecule has 0 amide bonds. The zero-order valence-electron chi connectivity index (χ0n) is 13.7. The largest absolute Gasteiger partial charge is 0.385 e. The summed E-state index contributed by atoms with van der Waals surface area (Å²) in [6, 6.07) is 18.5. The number of nitrogens with zero attached hydrogens (tertiary/aromatic N) is 2. The van der Waals surface area contributed by atoms with E-state index in [0.29, 0.717) is 0 Å². The van der Waals surface area contributed by atoms with Crippen molar-refractivity contribution in [3.63, 3.8) is 0 Å². The second-order valence-corrected chi connectivity index (χ2v) is 5.87. The zero-order valence-corrected chi connectivity index (χ0v) is 13.7. The van der Waals surface area contributed by atoms with Gasteiger partial charge in [-0.3, -0.25) is 0 Å². The van der Waals surface area contributed by atoms with Crippen molar-refractivity contribution in [3.8, 4) is 0 Å². The zero-order chi connectivity index (χ0) is 16.9. The average Bonchev–Trinajstić information content (AvgIpc) is 3.07. The monoisotopic (exact) mass is 329 g/mol. The van der Waals surface area contributed by atoms with Crippen LogP contribution in [0.2, 0.25) is 0 Å². The van der Waals surface area contributed by atoms with E-state index in [-0.39, 0.29) is 0 Å². The number of aromatic nitrogens is 3. The molecule has 4 aromatic rings. The number of hydrogen-bond donors (Lipinski definition) is 3. The molecule has 4 rings (SSSR count). The number of para-hydroxylation sites is 1. The van der Waals surface area contributed by atoms with E-state index in [1.54, 1.807) is 12.4 Å². The topological polar surface area (TPSA) is 65.6 Å². The molecule has 0 spiro atoms. The summed E-state index contributed by atoms with van der Waals surface area (Å²) in [4.78, 5) is 3.32. The molecule has 0 aliphatic carbocycles. The van der Waals surface area contributed by atoms with Crippen LogP contribution < -0.4 is 10.6 Å². The first-order valence-electron chi connectivity index (χ1n) is 8.31. The molecular formula is C20H19N5. The van der Waals surface area contributed by atoms with Crippen LogP contribution in [0.3, 0.4) is 0 Å². The predicted octanol–water partition coefficient (Wildman–Crippen LogP) is 4.36. The van der Waals surface area contributed by atoms with E-state index in [1.807, 2.05) is 6.07 Å². The third-order valence-electron chi connectivity index (χ3n) is 4.16. The van der Waals surface area contributed by atoms with Crippen LogP contribution >= 0.6 is 0 Å². The maximum atomic E-state index is 3.86. The summed E-state index contributed by atoms with van der Waals surface area (Å²) in [6.45, 7) is 0.892. The van der Waals surface area contributed by atoms with Crippen LogP contribution in [0.15, 0.2) is 73.2 Å². The summed E-state index contributed by atoms with van der Waals surface area (Å²) in [7, 11) is 0. The van der Waals surface area contributed by atoms with Gasteiger partial charge in [-0.15, -0.1) is 0 Å². The molecule has 0 saturated heterocycles. The summed E-state index contributed by atoms with van der Waals surface area (Å²) in [6.07, 6.45) is 6.45. The van der Waals surface area contributed by atoms with Gasteiger partial charge in [0.15, 0.2) is 0 Å². The molecule has 2 aromatic carbocycles. The highest BCUT2D eigenvalue weighted by atomic mass is 15.1. The number of rotatable bonds is 6. The Morgan fingerprint density at radius 2 is 1.68 bits per heavy atom. The molecule has 25 heavy (non-hydrogen) atoms. The highest BCUT2D eigenvalue weighted by Crippen LogP contribution is 2.20. The van der Waals surface area contributed by atoms with Crippen LogP contribution in [0.4, 0.5) is 17.1 Å². The Balaban J connectivity index is 1.34. The third-order valence-corrected chi connectivity index (χ3v) is 4.16. The molecule has 124 valence electrons. The fourth-order valence-corrected chi connectivity index (χ4v) is 2.88. The highest BCUT2D eigenvalue weighted by molar-refractivity contribution is 5.83. The van der Waals surface area contributed by atoms with Gasteiger partial charge in [-0.25, -0.2) is 0 Å². The standard InChI is InChI=1S/C20H19N5/c1-2-4-20-19(3-1)15(13-22-20)9-11-21-16-5-7-17(8-6-16)25-18-10-12-23-24-14-18/h1-8,10,12-14,21-22H,9,11H2,(H,23,25). The Labute approximate surface area is 146 Å². The van der Waals surface area contributed by atoms with Crippen molar-refractivity contribution in [2.45, 2.75) is 6.42 Å². The molecule has 0 unspecified atom stereocenters. The highest BCUT2D eigenvalue weighted by Gasteiger charge is 2.02. The molecule has 0 aliphatic heterocycles. The molecule has 0 radical (unpaired) electrons. The molecular weight excluding hydrogens is 310 g/mol. The molecule has 5 heteroatoms. The first-order chi connectivity index (χ1) is 12.4. The van der Waals surface area contributed by atoms with Crippen LogP contribution in [0.5, 0.6) is 0 Å². The van der Waals surface area contributed by atoms with Gasteiger partial charge in [0.1, 0.15) is 0 Å². The minimum absolute atomic E-state index is 0.892. The molecule has 5 nitrogen and oxygen atoms in total. The summed E-state index contributed by atoms with van der Waals surface area (Å²) in [5.41, 5.74) is 5.59. The Morgan fingerprint density at radius 1 is 0.840 bits per heavy atom. The van der Waals surface area contributed by atoms with Crippen molar-refractivity contribution in [2.24, 2.45) is 0 Å². The normalized spacial score (nSPS) is 10.7. The van der Waals surface area contributed by atoms with Gasteiger partial charge in [0.25, 0.3) is 0 Å². The maximum absolute atomic E-state index is 3.86. The van der Waals surface area contributed by atoms with Gasteiger partial charge in [0, 0.05) is 35.0 Å². The lowest BCUT2D eigenvalue weighted by Gasteiger charge is -2.09. The lowest BCUT2D eigenvalue weighted by Crippen LogP contribution is -2.04. The smallest absolute Gasteiger partial charge is 0.0731 e. The van der Waals surface area contributed by atoms with E-state index >= 15 is 0 Å². The number of nitrogens with one attached hydrogen (secondary N) is 3. The second kappa shape index (κ2) is 7.05. The number of hydrogen-bond acceptors (Lipinski definition) is 4. The number of aromatic amines is 1. The number of benzene rings is 2. The third kappa shape index (κ3) is 3.61. The lowest BCUT2D eigenvalue weighted by atomic mass is 10.1. The Kier molecular flexibility index (Phi) is 4.29. The number of fused-ring (bicyclic) bond motifs is 1. The van der Waals surface area contributed by atoms with Crippen LogP contribution in [-0.4, -0.2) is 21.7 Å². The minimum atomic E-state index is 0.892. The molecule has 3 N–H and O–H groups in total. The Hall–Kier alpha value is -3.34. The van der Waals surface area contributed by atoms with E-state index < -0.39 is 0 Å². The van der Waals surface area contributed by atoms with E-state index in [9.17, 15) is 0 Å². The van der Waals surface area contributed by atoms with E-state index in [2.05, 4.69) is 80.5 Å². The molecule has 0 atom stereocenters. The first-order valence-corrected chi connectivity index (χ1v) is 8.31. The van der Waals surface area contributed by atoms with E-state index in [0.717, 1.165) is 30.0 Å². The minimum Gasteiger partial charge on any atom is -0.385 e. The summed E-state index contributed by atoms with van der Waals surface area (Å²) >= 11 is 0. The van der Waals surface area contributed by atoms with E-state index in [4.69, 9.17) is 0 Å². The average molecular weight is 329 g/mol. The summed E-state index contributed by atoms with van der Waals surface area (Å²) in [5.74, 6) is 0. The van der Waals surface area contributed by atoms with Crippen molar-refractivity contribution >= 4 is 28.0 Å². The van der Waals surface area contributed by atoms with E-state index in [1.165, 1.54) is 16.5 Å². The Bertz CT molecular complexity index is 945. The summed E-state index contributed by atoms with van der Waals surface area (Å²) < 4.78 is 0. The SMILES string of the molecule is c1ccc2c(CCNc3ccc(Nc4ccnnc4)cc3)c[nH]c2c1. The van der Waals surface area contributed by atoms with Crippen molar-refractivity contribution in [2.75, 3.05) is 17.2 Å². The fraction of sp³-hybridized carbons (Fsp3) is 0.100. The van der Waals surface area contributed by atoms with Gasteiger partial charge in [-0.2, -0.15) is 10.2 Å². The molecule has 2 aromatic heterocycles. The van der Waals surface area contributed by atoms with Crippen LogP contribution in [0, 0.1) is 0 Å². The lowest BCUT2D eigenvalue weighted by molar-refractivity contribution is 1.03. The molecule has 0 fully saturated rings. The van der Waals surface area contributed by atoms with Crippen molar-refractivity contribution in [3.05, 3.63) is 78.8 Å². The van der Waals surface area contributed by atoms with Crippen molar-refractivity contribution in [1.82, 2.24) is 15.2 Å². The molecule has 0 aliphatic rings. The fourth-order valence-electron chi connectivity index (χ4n) is 2.88. The van der Waals surface area contributed by atoms with Crippen molar-refractivity contribution in [1.29, 1.82) is 0 Å². The molecule has 2 heterocycles. The van der Waals surface area contributed by atoms with Crippen LogP contribution in [0.1, 0.15) is 5.56 Å². The summed E-state index contributed by atoms with van der Waals surface area (Å²) in [5, 5.41) is 15.7. The van der Waals surface area contributed by atoms with Gasteiger partial charge in [-0.05, 0) is 48.4 Å². The van der Waals surface area contributed by atoms with Crippen LogP contribution in [-0.2, 0) is 6.42 Å². The second-order valence-electron chi connectivity index (χ2n) is 5.87. The van der Waals surface area contributed by atoms with Crippen molar-refractivity contribution < 1.29 is 0 Å². The van der Waals surface area contributed by atoms with Crippen LogP contribution in [0.25, 0.3) is 10.9 Å². The van der Waals surface area contributed by atoms with Gasteiger partial charge in [0.2, 0.25) is 0 Å². The maximum Gasteiger partial charge on any atom is 0.0731 e. The van der Waals surface area contributed by atoms with Gasteiger partial charge < -0.3 is 15.6 Å². The van der Waals surface area contributed by atoms with Gasteiger partial charge in [0.05, 0.1) is 18.1 Å². The molecule has 0 bridgehead atoms. The first kappa shape index (κ1) is 15.2. The quantitative estimate of drug-likeness (QED) is 0.492. The van der Waals surface area contributed by atoms with Gasteiger partial charge in [-0.1, -0.05) is 18.2 Å². The Morgan fingerprint density at radius 3 is 2.52 bits per heavy atom. The van der Waals surface area contributed by atoms with Gasteiger partial charge >= 0.3 is 0 Å².